The molecule has 0 aromatic heterocycles. The van der Waals surface area contributed by atoms with Gasteiger partial charge in [0, 0.05) is 17.8 Å². The van der Waals surface area contributed by atoms with Crippen LogP contribution in [0, 0.1) is 40.4 Å². The zero-order valence-electron chi connectivity index (χ0n) is 18.4. The van der Waals surface area contributed by atoms with Gasteiger partial charge < -0.3 is 4.74 Å². The van der Waals surface area contributed by atoms with Gasteiger partial charge >= 0.3 is 5.97 Å². The topological polar surface area (TPSA) is 43.4 Å². The highest BCUT2D eigenvalue weighted by Crippen LogP contribution is 2.73. The van der Waals surface area contributed by atoms with Gasteiger partial charge in [0.15, 0.2) is 0 Å². The smallest absolute Gasteiger partial charge is 0.305 e. The van der Waals surface area contributed by atoms with Crippen LogP contribution in [0.1, 0.15) is 66.7 Å². The molecular weight excluding hydrogens is 367 g/mol. The predicted molar refractivity (Wildman–Crippen MR) is 111 cm³/mol. The van der Waals surface area contributed by atoms with Crippen molar-refractivity contribution in [1.82, 2.24) is 0 Å². The molecule has 3 nitrogen and oxygen atoms in total. The molecule has 29 heavy (non-hydrogen) atoms. The minimum absolute atomic E-state index is 0.114. The van der Waals surface area contributed by atoms with Crippen LogP contribution >= 0.6 is 0 Å². The zero-order chi connectivity index (χ0) is 21.1. The molecule has 3 fully saturated rings. The summed E-state index contributed by atoms with van der Waals surface area (Å²) >= 11 is 0. The maximum Gasteiger partial charge on any atom is 0.305 e. The summed E-state index contributed by atoms with van der Waals surface area (Å²) in [5.74, 6) is 1.14. The van der Waals surface area contributed by atoms with Crippen molar-refractivity contribution >= 4 is 12.3 Å². The van der Waals surface area contributed by atoms with Gasteiger partial charge in [-0.3, -0.25) is 9.59 Å². The molecule has 0 saturated heterocycles. The number of allylic oxidation sites excluding steroid dienone is 4. The fraction of sp³-hybridized carbons (Fsp3) is 0.760. The number of carbonyl (C=O) groups excluding carboxylic acids is 2. The van der Waals surface area contributed by atoms with Crippen molar-refractivity contribution in [1.29, 1.82) is 0 Å². The van der Waals surface area contributed by atoms with Gasteiger partial charge in [0.1, 0.15) is 18.6 Å². The molecule has 4 rings (SSSR count). The molecule has 0 bridgehead atoms. The standard InChI is InChI=1S/C25H35FO3/c1-6-9-24(4)18(8-10-27)14(3)11-17-21-15-12-16(15)23(29-20(28)7-2)25(21,5)13-19(26)22(17)24/h8,10-11,15-17,19,21-23H,6-7,9,12-13H2,1-5H3/b18-8-. The highest BCUT2D eigenvalue weighted by molar-refractivity contribution is 5.70. The zero-order valence-corrected chi connectivity index (χ0v) is 18.4. The van der Waals surface area contributed by atoms with Crippen molar-refractivity contribution in [3.05, 3.63) is 23.3 Å². The lowest BCUT2D eigenvalue weighted by Gasteiger charge is -2.58. The second-order valence-electron chi connectivity index (χ2n) is 10.4. The summed E-state index contributed by atoms with van der Waals surface area (Å²) in [5, 5.41) is 0. The number of carbonyl (C=O) groups is 2. The average molecular weight is 403 g/mol. The number of hydrogen-bond acceptors (Lipinski definition) is 3. The largest absolute Gasteiger partial charge is 0.461 e. The molecule has 4 aliphatic carbocycles. The molecule has 160 valence electrons. The third-order valence-electron chi connectivity index (χ3n) is 8.78. The van der Waals surface area contributed by atoms with Crippen molar-refractivity contribution in [2.45, 2.75) is 79.0 Å². The van der Waals surface area contributed by atoms with E-state index in [0.29, 0.717) is 30.6 Å². The molecule has 0 heterocycles. The van der Waals surface area contributed by atoms with E-state index in [2.05, 4.69) is 33.8 Å². The molecule has 9 unspecified atom stereocenters. The maximum absolute atomic E-state index is 16.0. The van der Waals surface area contributed by atoms with E-state index in [1.807, 2.05) is 6.92 Å². The van der Waals surface area contributed by atoms with Crippen molar-refractivity contribution in [2.24, 2.45) is 40.4 Å². The molecule has 0 aliphatic heterocycles. The lowest BCUT2D eigenvalue weighted by molar-refractivity contribution is -0.166. The molecule has 3 saturated carbocycles. The first kappa shape index (κ1) is 20.8. The maximum atomic E-state index is 16.0. The van der Waals surface area contributed by atoms with Crippen molar-refractivity contribution in [3.8, 4) is 0 Å². The first-order valence-electron chi connectivity index (χ1n) is 11.4. The number of fused-ring (bicyclic) bond motifs is 5. The van der Waals surface area contributed by atoms with Crippen LogP contribution in [0.2, 0.25) is 0 Å². The van der Waals surface area contributed by atoms with Crippen molar-refractivity contribution in [2.75, 3.05) is 0 Å². The highest BCUT2D eigenvalue weighted by atomic mass is 19.1. The van der Waals surface area contributed by atoms with Crippen molar-refractivity contribution in [3.63, 3.8) is 0 Å². The molecule has 9 atom stereocenters. The van der Waals surface area contributed by atoms with Crippen LogP contribution in [-0.2, 0) is 14.3 Å². The summed E-state index contributed by atoms with van der Waals surface area (Å²) < 4.78 is 21.9. The van der Waals surface area contributed by atoms with Gasteiger partial charge in [-0.25, -0.2) is 4.39 Å². The first-order chi connectivity index (χ1) is 13.7. The van der Waals surface area contributed by atoms with E-state index in [1.54, 1.807) is 6.08 Å². The number of halogens is 1. The fourth-order valence-corrected chi connectivity index (χ4v) is 7.85. The Morgan fingerprint density at radius 1 is 1.28 bits per heavy atom. The van der Waals surface area contributed by atoms with Crippen LogP contribution in [0.3, 0.4) is 0 Å². The number of hydrogen-bond donors (Lipinski definition) is 0. The number of ether oxygens (including phenoxy) is 1. The molecule has 0 aromatic carbocycles. The average Bonchev–Trinajstić information content (AvgIpc) is 3.37. The molecule has 0 aromatic rings. The van der Waals surface area contributed by atoms with Gasteiger partial charge in [-0.15, -0.1) is 0 Å². The summed E-state index contributed by atoms with van der Waals surface area (Å²) in [6.45, 7) is 10.4. The van der Waals surface area contributed by atoms with Crippen LogP contribution in [0.25, 0.3) is 0 Å². The normalized spacial score (nSPS) is 49.0. The monoisotopic (exact) mass is 402 g/mol. The lowest BCUT2D eigenvalue weighted by Crippen LogP contribution is -2.56. The number of esters is 1. The summed E-state index contributed by atoms with van der Waals surface area (Å²) in [7, 11) is 0. The summed E-state index contributed by atoms with van der Waals surface area (Å²) in [6.07, 6.45) is 7.42. The van der Waals surface area contributed by atoms with E-state index in [9.17, 15) is 9.59 Å². The van der Waals surface area contributed by atoms with Gasteiger partial charge in [-0.05, 0) is 66.9 Å². The Morgan fingerprint density at radius 2 is 2.00 bits per heavy atom. The summed E-state index contributed by atoms with van der Waals surface area (Å²) in [6, 6.07) is 0. The van der Waals surface area contributed by atoms with E-state index in [4.69, 9.17) is 4.74 Å². The molecule has 4 aliphatic rings. The second-order valence-corrected chi connectivity index (χ2v) is 10.4. The minimum Gasteiger partial charge on any atom is -0.461 e. The SMILES string of the molecule is CCCC1(C)/C(=C\C=O)C(C)=CC2C1C(F)CC1(C)C(OC(=O)CC)C3CC3C21. The Morgan fingerprint density at radius 3 is 2.62 bits per heavy atom. The summed E-state index contributed by atoms with van der Waals surface area (Å²) in [5.41, 5.74) is 1.51. The number of rotatable bonds is 5. The van der Waals surface area contributed by atoms with Crippen LogP contribution in [0.15, 0.2) is 23.3 Å². The van der Waals surface area contributed by atoms with E-state index in [0.717, 1.165) is 36.7 Å². The lowest BCUT2D eigenvalue weighted by atomic mass is 9.47. The second kappa shape index (κ2) is 7.06. The van der Waals surface area contributed by atoms with Gasteiger partial charge in [0.25, 0.3) is 0 Å². The van der Waals surface area contributed by atoms with E-state index in [1.165, 1.54) is 0 Å². The Balaban J connectivity index is 1.78. The van der Waals surface area contributed by atoms with Crippen LogP contribution in [0.5, 0.6) is 0 Å². The van der Waals surface area contributed by atoms with Crippen LogP contribution in [0.4, 0.5) is 4.39 Å². The van der Waals surface area contributed by atoms with E-state index >= 15 is 4.39 Å². The van der Waals surface area contributed by atoms with Gasteiger partial charge in [0.2, 0.25) is 0 Å². The van der Waals surface area contributed by atoms with E-state index in [-0.39, 0.29) is 34.7 Å². The molecule has 0 spiro atoms. The van der Waals surface area contributed by atoms with Gasteiger partial charge in [-0.1, -0.05) is 45.8 Å². The Kier molecular flexibility index (Phi) is 5.07. The third kappa shape index (κ3) is 2.88. The van der Waals surface area contributed by atoms with Crippen LogP contribution < -0.4 is 0 Å². The molecule has 0 radical (unpaired) electrons. The Bertz CT molecular complexity index is 770. The molecule has 4 heteroatoms. The number of alkyl halides is 1. The highest BCUT2D eigenvalue weighted by Gasteiger charge is 2.73. The summed E-state index contributed by atoms with van der Waals surface area (Å²) in [4.78, 5) is 23.5. The Hall–Kier alpha value is -1.45. The first-order valence-corrected chi connectivity index (χ1v) is 11.4. The quantitative estimate of drug-likeness (QED) is 0.349. The van der Waals surface area contributed by atoms with E-state index < -0.39 is 6.17 Å². The fourth-order valence-electron chi connectivity index (χ4n) is 7.85. The third-order valence-corrected chi connectivity index (χ3v) is 8.78. The van der Waals surface area contributed by atoms with Crippen molar-refractivity contribution < 1.29 is 18.7 Å². The molecule has 0 N–H and O–H groups in total. The van der Waals surface area contributed by atoms with Crippen LogP contribution in [-0.4, -0.2) is 24.5 Å². The van der Waals surface area contributed by atoms with Gasteiger partial charge in [-0.2, -0.15) is 0 Å². The molecule has 0 amide bonds. The number of aldehydes is 1. The predicted octanol–water partition coefficient (Wildman–Crippen LogP) is 5.45. The molecular formula is C25H35FO3. The van der Waals surface area contributed by atoms with Gasteiger partial charge in [0.05, 0.1) is 0 Å². The Labute approximate surface area is 174 Å². The minimum atomic E-state index is -0.961.